The first-order valence-electron chi connectivity index (χ1n) is 7.90. The van der Waals surface area contributed by atoms with Crippen LogP contribution in [0, 0.1) is 11.2 Å². The van der Waals surface area contributed by atoms with Crippen LogP contribution in [0.5, 0.6) is 0 Å². The summed E-state index contributed by atoms with van der Waals surface area (Å²) < 4.78 is 18.4. The number of hydrogen-bond acceptors (Lipinski definition) is 4. The van der Waals surface area contributed by atoms with Crippen LogP contribution in [0.25, 0.3) is 11.3 Å². The minimum atomic E-state index is -0.340. The zero-order chi connectivity index (χ0) is 17.0. The Morgan fingerprint density at radius 1 is 1.33 bits per heavy atom. The maximum absolute atomic E-state index is 13.1. The molecule has 2 heterocycles. The molecule has 128 valence electrons. The highest BCUT2D eigenvalue weighted by atomic mass is 19.1. The Labute approximate surface area is 139 Å². The minimum Gasteiger partial charge on any atom is -0.396 e. The van der Waals surface area contributed by atoms with Gasteiger partial charge in [-0.2, -0.15) is 5.10 Å². The van der Waals surface area contributed by atoms with Crippen LogP contribution in [-0.2, 0) is 4.74 Å². The van der Waals surface area contributed by atoms with Crippen molar-refractivity contribution >= 4 is 5.91 Å². The maximum atomic E-state index is 13.1. The number of aromatic amines is 1. The second kappa shape index (κ2) is 7.11. The summed E-state index contributed by atoms with van der Waals surface area (Å²) in [4.78, 5) is 12.5. The normalized spacial score (nSPS) is 16.8. The molecule has 1 amide bonds. The quantitative estimate of drug-likeness (QED) is 0.778. The second-order valence-corrected chi connectivity index (χ2v) is 6.12. The zero-order valence-electron chi connectivity index (χ0n) is 13.2. The lowest BCUT2D eigenvalue weighted by molar-refractivity contribution is -0.0146. The molecule has 0 aliphatic carbocycles. The van der Waals surface area contributed by atoms with Gasteiger partial charge in [0.25, 0.3) is 5.91 Å². The van der Waals surface area contributed by atoms with Gasteiger partial charge in [0.1, 0.15) is 5.82 Å². The van der Waals surface area contributed by atoms with Gasteiger partial charge in [0.15, 0.2) is 0 Å². The first-order valence-corrected chi connectivity index (χ1v) is 7.90. The molecular weight excluding hydrogens is 313 g/mol. The Morgan fingerprint density at radius 3 is 2.71 bits per heavy atom. The van der Waals surface area contributed by atoms with Crippen LogP contribution in [0.4, 0.5) is 4.39 Å². The number of ether oxygens (including phenoxy) is 1. The lowest BCUT2D eigenvalue weighted by atomic mass is 9.81. The Bertz CT molecular complexity index is 693. The molecule has 0 radical (unpaired) electrons. The number of nitrogens with one attached hydrogen (secondary N) is 2. The summed E-state index contributed by atoms with van der Waals surface area (Å²) in [7, 11) is 0. The molecule has 7 heteroatoms. The summed E-state index contributed by atoms with van der Waals surface area (Å²) in [5.41, 5.74) is 1.27. The Morgan fingerprint density at radius 2 is 2.04 bits per heavy atom. The van der Waals surface area contributed by atoms with Crippen LogP contribution >= 0.6 is 0 Å². The lowest BCUT2D eigenvalue weighted by Gasteiger charge is -2.35. The number of carbonyl (C=O) groups is 1. The van der Waals surface area contributed by atoms with Crippen molar-refractivity contribution in [1.29, 1.82) is 0 Å². The average Bonchev–Trinajstić information content (AvgIpc) is 3.11. The van der Waals surface area contributed by atoms with Crippen molar-refractivity contribution < 1.29 is 19.0 Å². The smallest absolute Gasteiger partial charge is 0.255 e. The van der Waals surface area contributed by atoms with Crippen molar-refractivity contribution in [3.63, 3.8) is 0 Å². The summed E-state index contributed by atoms with van der Waals surface area (Å²) in [6.45, 7) is 1.55. The number of nitrogens with zero attached hydrogens (tertiary/aromatic N) is 1. The molecule has 1 aromatic heterocycles. The molecular formula is C17H20FN3O3. The number of aliphatic hydroxyl groups is 1. The largest absolute Gasteiger partial charge is 0.396 e. The van der Waals surface area contributed by atoms with Gasteiger partial charge in [0, 0.05) is 30.7 Å². The van der Waals surface area contributed by atoms with Crippen molar-refractivity contribution in [3.8, 4) is 11.3 Å². The maximum Gasteiger partial charge on any atom is 0.255 e. The standard InChI is InChI=1S/C17H20FN3O3/c18-13-3-1-12(2-4-13)15-14(9-20-21-15)16(23)19-10-17(11-22)5-7-24-8-6-17/h1-4,9,22H,5-8,10-11H2,(H,19,23)(H,20,21). The van der Waals surface area contributed by atoms with Gasteiger partial charge in [0.2, 0.25) is 0 Å². The second-order valence-electron chi connectivity index (χ2n) is 6.12. The fourth-order valence-corrected chi connectivity index (χ4v) is 2.85. The Kier molecular flexibility index (Phi) is 4.92. The topological polar surface area (TPSA) is 87.2 Å². The summed E-state index contributed by atoms with van der Waals surface area (Å²) in [5, 5.41) is 19.3. The molecule has 1 aromatic carbocycles. The van der Waals surface area contributed by atoms with Crippen LogP contribution < -0.4 is 5.32 Å². The van der Waals surface area contributed by atoms with Crippen LogP contribution in [0.3, 0.4) is 0 Å². The third kappa shape index (κ3) is 3.47. The van der Waals surface area contributed by atoms with Crippen LogP contribution in [0.1, 0.15) is 23.2 Å². The molecule has 24 heavy (non-hydrogen) atoms. The molecule has 1 saturated heterocycles. The van der Waals surface area contributed by atoms with E-state index in [0.29, 0.717) is 49.4 Å². The van der Waals surface area contributed by atoms with Gasteiger partial charge in [-0.25, -0.2) is 4.39 Å². The predicted molar refractivity (Wildman–Crippen MR) is 85.9 cm³/mol. The zero-order valence-corrected chi connectivity index (χ0v) is 13.2. The SMILES string of the molecule is O=C(NCC1(CO)CCOCC1)c1cn[nH]c1-c1ccc(F)cc1. The van der Waals surface area contributed by atoms with Crippen molar-refractivity contribution in [2.75, 3.05) is 26.4 Å². The molecule has 1 fully saturated rings. The van der Waals surface area contributed by atoms with Crippen LogP contribution in [0.15, 0.2) is 30.5 Å². The third-order valence-corrected chi connectivity index (χ3v) is 4.53. The summed E-state index contributed by atoms with van der Waals surface area (Å²) in [6.07, 6.45) is 2.86. The van der Waals surface area contributed by atoms with E-state index in [4.69, 9.17) is 4.74 Å². The van der Waals surface area contributed by atoms with E-state index in [9.17, 15) is 14.3 Å². The molecule has 3 N–H and O–H groups in total. The van der Waals surface area contributed by atoms with Gasteiger partial charge in [0.05, 0.1) is 24.1 Å². The first kappa shape index (κ1) is 16.6. The van der Waals surface area contributed by atoms with Crippen LogP contribution in [0.2, 0.25) is 0 Å². The van der Waals surface area contributed by atoms with E-state index < -0.39 is 0 Å². The van der Waals surface area contributed by atoms with Gasteiger partial charge in [-0.15, -0.1) is 0 Å². The number of H-pyrrole nitrogens is 1. The van der Waals surface area contributed by atoms with Gasteiger partial charge in [-0.05, 0) is 37.1 Å². The van der Waals surface area contributed by atoms with E-state index in [0.717, 1.165) is 0 Å². The molecule has 0 atom stereocenters. The fraction of sp³-hybridized carbons (Fsp3) is 0.412. The molecule has 0 unspecified atom stereocenters. The van der Waals surface area contributed by atoms with E-state index in [1.54, 1.807) is 12.1 Å². The Hall–Kier alpha value is -2.25. The highest BCUT2D eigenvalue weighted by Crippen LogP contribution is 2.29. The lowest BCUT2D eigenvalue weighted by Crippen LogP contribution is -2.43. The van der Waals surface area contributed by atoms with Gasteiger partial charge < -0.3 is 15.2 Å². The van der Waals surface area contributed by atoms with E-state index in [1.807, 2.05) is 0 Å². The number of hydrogen-bond donors (Lipinski definition) is 3. The minimum absolute atomic E-state index is 0.00679. The molecule has 0 bridgehead atoms. The highest BCUT2D eigenvalue weighted by Gasteiger charge is 2.32. The van der Waals surface area contributed by atoms with E-state index in [-0.39, 0.29) is 23.7 Å². The fourth-order valence-electron chi connectivity index (χ4n) is 2.85. The first-order chi connectivity index (χ1) is 11.6. The number of aliphatic hydroxyl groups excluding tert-OH is 1. The molecule has 1 aliphatic rings. The number of carbonyl (C=O) groups excluding carboxylic acids is 1. The third-order valence-electron chi connectivity index (χ3n) is 4.53. The van der Waals surface area contributed by atoms with E-state index >= 15 is 0 Å². The average molecular weight is 333 g/mol. The molecule has 2 aromatic rings. The molecule has 0 saturated carbocycles. The molecule has 1 aliphatic heterocycles. The monoisotopic (exact) mass is 333 g/mol. The predicted octanol–water partition coefficient (Wildman–Crippen LogP) is 1.73. The van der Waals surface area contributed by atoms with Gasteiger partial charge >= 0.3 is 0 Å². The van der Waals surface area contributed by atoms with Crippen molar-refractivity contribution in [2.45, 2.75) is 12.8 Å². The number of amides is 1. The van der Waals surface area contributed by atoms with E-state index in [2.05, 4.69) is 15.5 Å². The molecule has 3 rings (SSSR count). The number of benzene rings is 1. The number of aromatic nitrogens is 2. The van der Waals surface area contributed by atoms with Crippen molar-refractivity contribution in [2.24, 2.45) is 5.41 Å². The van der Waals surface area contributed by atoms with Gasteiger partial charge in [-0.1, -0.05) is 0 Å². The van der Waals surface area contributed by atoms with Crippen LogP contribution in [-0.4, -0.2) is 47.6 Å². The molecule has 0 spiro atoms. The Balaban J connectivity index is 1.72. The number of halogens is 1. The van der Waals surface area contributed by atoms with Gasteiger partial charge in [-0.3, -0.25) is 9.89 Å². The summed E-state index contributed by atoms with van der Waals surface area (Å²) >= 11 is 0. The van der Waals surface area contributed by atoms with Crippen molar-refractivity contribution in [1.82, 2.24) is 15.5 Å². The molecule has 6 nitrogen and oxygen atoms in total. The van der Waals surface area contributed by atoms with E-state index in [1.165, 1.54) is 18.3 Å². The summed E-state index contributed by atoms with van der Waals surface area (Å²) in [5.74, 6) is -0.615. The summed E-state index contributed by atoms with van der Waals surface area (Å²) in [6, 6.07) is 5.85. The number of rotatable bonds is 5. The van der Waals surface area contributed by atoms with Crippen molar-refractivity contribution in [3.05, 3.63) is 41.8 Å². The highest BCUT2D eigenvalue weighted by molar-refractivity contribution is 5.99.